The van der Waals surface area contributed by atoms with Gasteiger partial charge in [0.05, 0.1) is 4.90 Å². The van der Waals surface area contributed by atoms with Crippen molar-refractivity contribution in [1.29, 1.82) is 0 Å². The average molecular weight is 502 g/mol. The van der Waals surface area contributed by atoms with E-state index in [4.69, 9.17) is 0 Å². The molecular formula is C24H23NO5S3. The smallest absolute Gasteiger partial charge is 0.265 e. The molecule has 0 atom stereocenters. The summed E-state index contributed by atoms with van der Waals surface area (Å²) in [6.45, 7) is 0. The number of benzene rings is 3. The topological polar surface area (TPSA) is 104 Å². The van der Waals surface area contributed by atoms with E-state index in [1.54, 1.807) is 41.5 Å². The molecule has 1 heterocycles. The number of aromatic hydroxyl groups is 1. The molecule has 0 aromatic heterocycles. The van der Waals surface area contributed by atoms with Crippen molar-refractivity contribution in [1.82, 2.24) is 5.48 Å². The van der Waals surface area contributed by atoms with Crippen LogP contribution in [0.25, 0.3) is 11.1 Å². The van der Waals surface area contributed by atoms with Crippen molar-refractivity contribution < 1.29 is 23.5 Å². The number of phenolic OH excluding ortho intramolecular Hbond substituents is 1. The van der Waals surface area contributed by atoms with Crippen LogP contribution in [-0.4, -0.2) is 40.9 Å². The van der Waals surface area contributed by atoms with Gasteiger partial charge in [-0.2, -0.15) is 11.8 Å². The lowest BCUT2D eigenvalue weighted by Gasteiger charge is -2.34. The molecule has 9 heteroatoms. The van der Waals surface area contributed by atoms with Crippen LogP contribution in [0.5, 0.6) is 5.75 Å². The minimum absolute atomic E-state index is 0.0741. The van der Waals surface area contributed by atoms with E-state index in [2.05, 4.69) is 0 Å². The van der Waals surface area contributed by atoms with Gasteiger partial charge in [-0.05, 0) is 84.0 Å². The predicted molar refractivity (Wildman–Crippen MR) is 131 cm³/mol. The Kier molecular flexibility index (Phi) is 7.04. The third kappa shape index (κ3) is 4.77. The van der Waals surface area contributed by atoms with E-state index in [0.717, 1.165) is 20.9 Å². The number of hydroxylamine groups is 1. The molecule has 1 amide bonds. The lowest BCUT2D eigenvalue weighted by Crippen LogP contribution is -2.53. The average Bonchev–Trinajstić information content (AvgIpc) is 2.85. The summed E-state index contributed by atoms with van der Waals surface area (Å²) in [5.74, 6) is 0.443. The molecular weight excluding hydrogens is 478 g/mol. The highest BCUT2D eigenvalue weighted by molar-refractivity contribution is 8.00. The Morgan fingerprint density at radius 2 is 1.33 bits per heavy atom. The van der Waals surface area contributed by atoms with Crippen molar-refractivity contribution in [2.24, 2.45) is 0 Å². The monoisotopic (exact) mass is 501 g/mol. The summed E-state index contributed by atoms with van der Waals surface area (Å²) >= 11 is 3.10. The highest BCUT2D eigenvalue weighted by Gasteiger charge is 2.51. The van der Waals surface area contributed by atoms with Gasteiger partial charge in [0.1, 0.15) is 5.75 Å². The summed E-state index contributed by atoms with van der Waals surface area (Å²) in [5.41, 5.74) is 3.60. The van der Waals surface area contributed by atoms with E-state index in [0.29, 0.717) is 11.5 Å². The van der Waals surface area contributed by atoms with Crippen LogP contribution in [0.3, 0.4) is 0 Å². The molecule has 172 valence electrons. The number of amides is 1. The molecule has 3 aromatic rings. The van der Waals surface area contributed by atoms with Gasteiger partial charge in [-0.15, -0.1) is 0 Å². The van der Waals surface area contributed by atoms with Crippen LogP contribution >= 0.6 is 23.5 Å². The summed E-state index contributed by atoms with van der Waals surface area (Å²) in [5, 5.41) is 18.6. The third-order valence-corrected chi connectivity index (χ3v) is 10.3. The van der Waals surface area contributed by atoms with Gasteiger partial charge in [-0.1, -0.05) is 36.0 Å². The Bertz CT molecular complexity index is 1220. The van der Waals surface area contributed by atoms with Crippen LogP contribution in [-0.2, 0) is 14.6 Å². The Morgan fingerprint density at radius 1 is 0.848 bits per heavy atom. The van der Waals surface area contributed by atoms with Gasteiger partial charge in [0.25, 0.3) is 5.91 Å². The maximum absolute atomic E-state index is 13.4. The van der Waals surface area contributed by atoms with Gasteiger partial charge in [-0.25, -0.2) is 13.9 Å². The number of hydrogen-bond acceptors (Lipinski definition) is 7. The fourth-order valence-electron chi connectivity index (χ4n) is 3.84. The number of sulfone groups is 1. The number of carbonyl (C=O) groups is 1. The standard InChI is InChI=1S/C24H23NO5S3/c26-19-5-1-17(2-6-19)18-3-7-20(8-4-18)32-21-9-11-22(12-10-21)33(29,30)24(23(27)25-28)13-15-31-16-14-24/h1-12,26,28H,13-16H2,(H,25,27). The van der Waals surface area contributed by atoms with Crippen molar-refractivity contribution in [3.8, 4) is 16.9 Å². The van der Waals surface area contributed by atoms with E-state index >= 15 is 0 Å². The number of carbonyl (C=O) groups excluding carboxylic acids is 1. The van der Waals surface area contributed by atoms with Crippen LogP contribution in [0, 0.1) is 0 Å². The molecule has 1 saturated heterocycles. The molecule has 4 rings (SSSR count). The van der Waals surface area contributed by atoms with Gasteiger partial charge in [0, 0.05) is 9.79 Å². The van der Waals surface area contributed by atoms with Gasteiger partial charge < -0.3 is 5.11 Å². The zero-order valence-corrected chi connectivity index (χ0v) is 20.1. The Morgan fingerprint density at radius 3 is 1.85 bits per heavy atom. The highest BCUT2D eigenvalue weighted by Crippen LogP contribution is 2.39. The van der Waals surface area contributed by atoms with Crippen LogP contribution < -0.4 is 5.48 Å². The fraction of sp³-hybridized carbons (Fsp3) is 0.208. The molecule has 0 spiro atoms. The minimum atomic E-state index is -3.98. The zero-order chi connectivity index (χ0) is 23.5. The third-order valence-electron chi connectivity index (χ3n) is 5.75. The van der Waals surface area contributed by atoms with E-state index in [9.17, 15) is 23.5 Å². The van der Waals surface area contributed by atoms with Crippen LogP contribution in [0.2, 0.25) is 0 Å². The van der Waals surface area contributed by atoms with Crippen molar-refractivity contribution in [3.05, 3.63) is 72.8 Å². The quantitative estimate of drug-likeness (QED) is 0.331. The largest absolute Gasteiger partial charge is 0.508 e. The maximum Gasteiger partial charge on any atom is 0.265 e. The summed E-state index contributed by atoms with van der Waals surface area (Å²) in [6.07, 6.45) is 0.326. The zero-order valence-electron chi connectivity index (χ0n) is 17.6. The molecule has 0 saturated carbocycles. The summed E-state index contributed by atoms with van der Waals surface area (Å²) in [7, 11) is -3.98. The molecule has 1 fully saturated rings. The minimum Gasteiger partial charge on any atom is -0.508 e. The van der Waals surface area contributed by atoms with E-state index < -0.39 is 20.5 Å². The van der Waals surface area contributed by atoms with Crippen LogP contribution in [0.15, 0.2) is 87.5 Å². The second-order valence-corrected chi connectivity index (χ2v) is 12.3. The molecule has 33 heavy (non-hydrogen) atoms. The lowest BCUT2D eigenvalue weighted by molar-refractivity contribution is -0.132. The summed E-state index contributed by atoms with van der Waals surface area (Å²) < 4.78 is 25.1. The van der Waals surface area contributed by atoms with Crippen molar-refractivity contribution in [2.75, 3.05) is 11.5 Å². The lowest BCUT2D eigenvalue weighted by atomic mass is 10.0. The summed E-state index contributed by atoms with van der Waals surface area (Å²) in [4.78, 5) is 14.3. The number of hydrogen-bond donors (Lipinski definition) is 3. The van der Waals surface area contributed by atoms with Gasteiger partial charge in [-0.3, -0.25) is 10.0 Å². The first-order valence-corrected chi connectivity index (χ1v) is 13.8. The molecule has 0 aliphatic carbocycles. The molecule has 0 bridgehead atoms. The fourth-order valence-corrected chi connectivity index (χ4v) is 8.08. The normalized spacial score (nSPS) is 15.7. The molecule has 6 nitrogen and oxygen atoms in total. The van der Waals surface area contributed by atoms with Crippen LogP contribution in [0.4, 0.5) is 0 Å². The first-order valence-electron chi connectivity index (χ1n) is 10.3. The number of nitrogens with one attached hydrogen (secondary N) is 1. The first-order chi connectivity index (χ1) is 15.9. The van der Waals surface area contributed by atoms with Crippen LogP contribution in [0.1, 0.15) is 12.8 Å². The molecule has 1 aliphatic heterocycles. The van der Waals surface area contributed by atoms with E-state index in [-0.39, 0.29) is 23.5 Å². The number of thioether (sulfide) groups is 1. The summed E-state index contributed by atoms with van der Waals surface area (Å²) in [6, 6.07) is 21.5. The highest BCUT2D eigenvalue weighted by atomic mass is 32.2. The van der Waals surface area contributed by atoms with Crippen molar-refractivity contribution >= 4 is 39.3 Å². The van der Waals surface area contributed by atoms with Gasteiger partial charge >= 0.3 is 0 Å². The number of rotatable bonds is 6. The SMILES string of the molecule is O=C(NO)C1(S(=O)(=O)c2ccc(Sc3ccc(-c4ccc(O)cc4)cc3)cc2)CCSCC1. The molecule has 0 radical (unpaired) electrons. The second-order valence-electron chi connectivity index (χ2n) is 7.70. The Hall–Kier alpha value is -2.46. The molecule has 0 unspecified atom stereocenters. The van der Waals surface area contributed by atoms with E-state index in [1.807, 2.05) is 36.4 Å². The molecule has 3 N–H and O–H groups in total. The number of phenols is 1. The van der Waals surface area contributed by atoms with Crippen molar-refractivity contribution in [2.45, 2.75) is 32.3 Å². The second kappa shape index (κ2) is 9.80. The van der Waals surface area contributed by atoms with Crippen molar-refractivity contribution in [3.63, 3.8) is 0 Å². The maximum atomic E-state index is 13.4. The van der Waals surface area contributed by atoms with Gasteiger partial charge in [0.2, 0.25) is 0 Å². The van der Waals surface area contributed by atoms with Gasteiger partial charge in [0.15, 0.2) is 14.6 Å². The predicted octanol–water partition coefficient (Wildman–Crippen LogP) is 4.76. The first kappa shape index (κ1) is 23.7. The Balaban J connectivity index is 1.52. The Labute approximate surface area is 201 Å². The molecule has 3 aromatic carbocycles. The van der Waals surface area contributed by atoms with E-state index in [1.165, 1.54) is 23.9 Å². The molecule has 1 aliphatic rings.